The highest BCUT2D eigenvalue weighted by Crippen LogP contribution is 2.37. The van der Waals surface area contributed by atoms with E-state index in [0.717, 1.165) is 5.56 Å². The Morgan fingerprint density at radius 3 is 2.40 bits per heavy atom. The minimum atomic E-state index is -0.897. The van der Waals surface area contributed by atoms with Crippen molar-refractivity contribution in [3.05, 3.63) is 23.3 Å². The Kier molecular flexibility index (Phi) is 5.00. The minimum Gasteiger partial charge on any atom is -0.507 e. The third-order valence-electron chi connectivity index (χ3n) is 3.05. The summed E-state index contributed by atoms with van der Waals surface area (Å²) >= 11 is 0. The number of likely N-dealkylation sites (N-methyl/N-ethyl adjacent to an activating group) is 1. The maximum Gasteiger partial charge on any atom is 0.317 e. The van der Waals surface area contributed by atoms with Crippen LogP contribution in [-0.4, -0.2) is 41.8 Å². The fourth-order valence-corrected chi connectivity index (χ4v) is 2.05. The molecule has 0 saturated heterocycles. The number of hydrogen-bond acceptors (Lipinski definition) is 4. The number of phenols is 1. The highest BCUT2D eigenvalue weighted by molar-refractivity contribution is 5.69. The first-order chi connectivity index (χ1) is 9.15. The van der Waals surface area contributed by atoms with Crippen LogP contribution in [0.1, 0.15) is 31.9 Å². The molecule has 0 heterocycles. The van der Waals surface area contributed by atoms with Gasteiger partial charge in [-0.1, -0.05) is 20.8 Å². The largest absolute Gasteiger partial charge is 0.507 e. The fraction of sp³-hybridized carbons (Fsp3) is 0.533. The van der Waals surface area contributed by atoms with Gasteiger partial charge in [0.15, 0.2) is 0 Å². The second kappa shape index (κ2) is 6.13. The lowest BCUT2D eigenvalue weighted by Gasteiger charge is -2.24. The van der Waals surface area contributed by atoms with Crippen molar-refractivity contribution in [2.75, 3.05) is 20.7 Å². The SMILES string of the molecule is COc1cc(CN(C)CC(=O)O)c(O)c(C(C)(C)C)c1. The van der Waals surface area contributed by atoms with Crippen molar-refractivity contribution >= 4 is 5.97 Å². The van der Waals surface area contributed by atoms with Crippen LogP contribution in [0.5, 0.6) is 11.5 Å². The zero-order valence-electron chi connectivity index (χ0n) is 12.7. The molecule has 0 aliphatic heterocycles. The molecule has 0 bridgehead atoms. The highest BCUT2D eigenvalue weighted by Gasteiger charge is 2.22. The maximum atomic E-state index is 10.7. The molecule has 1 aromatic rings. The molecular formula is C15H23NO4. The Morgan fingerprint density at radius 1 is 1.35 bits per heavy atom. The van der Waals surface area contributed by atoms with Crippen molar-refractivity contribution in [1.82, 2.24) is 4.90 Å². The zero-order valence-corrected chi connectivity index (χ0v) is 12.7. The lowest BCUT2D eigenvalue weighted by molar-refractivity contribution is -0.138. The van der Waals surface area contributed by atoms with Gasteiger partial charge in [-0.05, 0) is 24.6 Å². The van der Waals surface area contributed by atoms with Gasteiger partial charge < -0.3 is 14.9 Å². The lowest BCUT2D eigenvalue weighted by Crippen LogP contribution is -2.25. The topological polar surface area (TPSA) is 70.0 Å². The summed E-state index contributed by atoms with van der Waals surface area (Å²) in [5.41, 5.74) is 1.23. The standard InChI is InChI=1S/C15H23NO4/c1-15(2,3)12-7-11(20-5)6-10(14(12)19)8-16(4)9-13(17)18/h6-7,19H,8-9H2,1-5H3,(H,17,18). The van der Waals surface area contributed by atoms with Gasteiger partial charge in [-0.25, -0.2) is 0 Å². The second-order valence-corrected chi connectivity index (χ2v) is 6.00. The van der Waals surface area contributed by atoms with Gasteiger partial charge in [0.25, 0.3) is 0 Å². The van der Waals surface area contributed by atoms with Crippen LogP contribution in [0.3, 0.4) is 0 Å². The number of ether oxygens (including phenoxy) is 1. The van der Waals surface area contributed by atoms with Crippen LogP contribution in [0.15, 0.2) is 12.1 Å². The van der Waals surface area contributed by atoms with Crippen molar-refractivity contribution in [3.8, 4) is 11.5 Å². The first-order valence-corrected chi connectivity index (χ1v) is 6.46. The van der Waals surface area contributed by atoms with Crippen LogP contribution in [0, 0.1) is 0 Å². The number of aromatic hydroxyl groups is 1. The van der Waals surface area contributed by atoms with Crippen LogP contribution >= 0.6 is 0 Å². The molecule has 0 spiro atoms. The number of phenolic OH excluding ortho intramolecular Hbond substituents is 1. The number of carboxylic acid groups (broad SMARTS) is 1. The summed E-state index contributed by atoms with van der Waals surface area (Å²) in [6.07, 6.45) is 0. The average Bonchev–Trinajstić information content (AvgIpc) is 2.29. The summed E-state index contributed by atoms with van der Waals surface area (Å²) in [6.45, 7) is 6.28. The summed E-state index contributed by atoms with van der Waals surface area (Å²) in [4.78, 5) is 12.3. The fourth-order valence-electron chi connectivity index (χ4n) is 2.05. The molecule has 112 valence electrons. The van der Waals surface area contributed by atoms with E-state index in [0.29, 0.717) is 17.9 Å². The molecule has 0 aliphatic rings. The number of hydrogen-bond donors (Lipinski definition) is 2. The van der Waals surface area contributed by atoms with Gasteiger partial charge in [0.1, 0.15) is 11.5 Å². The zero-order chi connectivity index (χ0) is 15.5. The van der Waals surface area contributed by atoms with Crippen molar-refractivity contribution in [3.63, 3.8) is 0 Å². The third-order valence-corrected chi connectivity index (χ3v) is 3.05. The Bertz CT molecular complexity index is 491. The molecule has 0 saturated carbocycles. The lowest BCUT2D eigenvalue weighted by atomic mass is 9.85. The molecule has 0 radical (unpaired) electrons. The van der Waals surface area contributed by atoms with Crippen LogP contribution in [-0.2, 0) is 16.8 Å². The Labute approximate surface area is 119 Å². The molecule has 0 amide bonds. The van der Waals surface area contributed by atoms with Crippen LogP contribution in [0.2, 0.25) is 0 Å². The molecule has 0 aromatic heterocycles. The number of carboxylic acids is 1. The summed E-state index contributed by atoms with van der Waals surface area (Å²) in [7, 11) is 3.27. The second-order valence-electron chi connectivity index (χ2n) is 6.00. The molecule has 0 fully saturated rings. The smallest absolute Gasteiger partial charge is 0.317 e. The first kappa shape index (κ1) is 16.3. The number of aliphatic carboxylic acids is 1. The summed E-state index contributed by atoms with van der Waals surface area (Å²) in [6, 6.07) is 3.55. The number of nitrogens with zero attached hydrogens (tertiary/aromatic N) is 1. The molecule has 1 rings (SSSR count). The monoisotopic (exact) mass is 281 g/mol. The first-order valence-electron chi connectivity index (χ1n) is 6.46. The normalized spacial score (nSPS) is 11.7. The quantitative estimate of drug-likeness (QED) is 0.866. The number of rotatable bonds is 5. The summed E-state index contributed by atoms with van der Waals surface area (Å²) in [5, 5.41) is 19.2. The van der Waals surface area contributed by atoms with Gasteiger partial charge >= 0.3 is 5.97 Å². The molecular weight excluding hydrogens is 258 g/mol. The molecule has 0 aliphatic carbocycles. The molecule has 20 heavy (non-hydrogen) atoms. The molecule has 1 aromatic carbocycles. The summed E-state index contributed by atoms with van der Waals surface area (Å²) in [5.74, 6) is -0.0343. The summed E-state index contributed by atoms with van der Waals surface area (Å²) < 4.78 is 5.26. The van der Waals surface area contributed by atoms with Crippen LogP contribution in [0.25, 0.3) is 0 Å². The minimum absolute atomic E-state index is 0.0818. The molecule has 5 nitrogen and oxygen atoms in total. The van der Waals surface area contributed by atoms with Crippen molar-refractivity contribution in [2.45, 2.75) is 32.7 Å². The van der Waals surface area contributed by atoms with Crippen LogP contribution < -0.4 is 4.74 Å². The number of methoxy groups -OCH3 is 1. The molecule has 0 unspecified atom stereocenters. The van der Waals surface area contributed by atoms with Gasteiger partial charge in [0.05, 0.1) is 13.7 Å². The average molecular weight is 281 g/mol. The number of benzene rings is 1. The van der Waals surface area contributed by atoms with Gasteiger partial charge in [-0.3, -0.25) is 9.69 Å². The predicted octanol–water partition coefficient (Wildman–Crippen LogP) is 2.21. The van der Waals surface area contributed by atoms with Gasteiger partial charge in [0.2, 0.25) is 0 Å². The molecule has 0 atom stereocenters. The van der Waals surface area contributed by atoms with E-state index in [4.69, 9.17) is 9.84 Å². The Balaban J connectivity index is 3.15. The van der Waals surface area contributed by atoms with Crippen molar-refractivity contribution in [2.24, 2.45) is 0 Å². The van der Waals surface area contributed by atoms with Crippen molar-refractivity contribution < 1.29 is 19.7 Å². The third kappa shape index (κ3) is 4.13. The molecule has 5 heteroatoms. The van der Waals surface area contributed by atoms with E-state index in [9.17, 15) is 9.90 Å². The van der Waals surface area contributed by atoms with E-state index in [1.165, 1.54) is 0 Å². The van der Waals surface area contributed by atoms with E-state index in [1.54, 1.807) is 25.1 Å². The number of carbonyl (C=O) groups is 1. The Morgan fingerprint density at radius 2 is 1.95 bits per heavy atom. The van der Waals surface area contributed by atoms with E-state index in [2.05, 4.69) is 0 Å². The van der Waals surface area contributed by atoms with E-state index in [-0.39, 0.29) is 17.7 Å². The van der Waals surface area contributed by atoms with Gasteiger partial charge in [0, 0.05) is 17.7 Å². The van der Waals surface area contributed by atoms with Crippen molar-refractivity contribution in [1.29, 1.82) is 0 Å². The van der Waals surface area contributed by atoms with Crippen LogP contribution in [0.4, 0.5) is 0 Å². The van der Waals surface area contributed by atoms with Gasteiger partial charge in [-0.2, -0.15) is 0 Å². The van der Waals surface area contributed by atoms with E-state index >= 15 is 0 Å². The van der Waals surface area contributed by atoms with E-state index < -0.39 is 5.97 Å². The predicted molar refractivity (Wildman–Crippen MR) is 77.3 cm³/mol. The van der Waals surface area contributed by atoms with Gasteiger partial charge in [-0.15, -0.1) is 0 Å². The highest BCUT2D eigenvalue weighted by atomic mass is 16.5. The van der Waals surface area contributed by atoms with E-state index in [1.807, 2.05) is 26.8 Å². The Hall–Kier alpha value is -1.75. The molecule has 2 N–H and O–H groups in total. The maximum absolute atomic E-state index is 10.7.